The Hall–Kier alpha value is -2.87. The predicted octanol–water partition coefficient (Wildman–Crippen LogP) is 4.20. The van der Waals surface area contributed by atoms with E-state index in [4.69, 9.17) is 4.42 Å². The number of anilines is 1. The van der Waals surface area contributed by atoms with Crippen LogP contribution in [0.15, 0.2) is 47.5 Å². The predicted molar refractivity (Wildman–Crippen MR) is 106 cm³/mol. The number of carbonyl (C=O) groups excluding carboxylic acids is 1. The van der Waals surface area contributed by atoms with Crippen LogP contribution in [0.1, 0.15) is 19.8 Å². The van der Waals surface area contributed by atoms with Gasteiger partial charge in [0.15, 0.2) is 12.2 Å². The number of benzene rings is 1. The van der Waals surface area contributed by atoms with E-state index in [0.29, 0.717) is 37.5 Å². The maximum Gasteiger partial charge on any atom is 0.257 e. The summed E-state index contributed by atoms with van der Waals surface area (Å²) in [6.07, 6.45) is 5.85. The molecule has 1 aliphatic rings. The van der Waals surface area contributed by atoms with E-state index in [-0.39, 0.29) is 18.4 Å². The summed E-state index contributed by atoms with van der Waals surface area (Å²) in [7, 11) is 0. The number of amides is 1. The normalized spacial score (nSPS) is 16.2. The molecule has 1 N–H and O–H groups in total. The average Bonchev–Trinajstić information content (AvgIpc) is 3.21. The fourth-order valence-corrected chi connectivity index (χ4v) is 3.70. The van der Waals surface area contributed by atoms with Crippen LogP contribution >= 0.6 is 0 Å². The van der Waals surface area contributed by atoms with Crippen LogP contribution in [0, 0.1) is 5.92 Å². The highest BCUT2D eigenvalue weighted by Gasteiger charge is 2.30. The number of aromatic nitrogens is 2. The first-order valence-electron chi connectivity index (χ1n) is 9.57. The molecule has 1 amide bonds. The Morgan fingerprint density at radius 3 is 2.72 bits per heavy atom. The molecular formula is C21H22F2N4O2. The standard InChI is InChI=1S/C21H22F2N4O2/c1-21(22,23)12-27-6-4-14(5-7-27)20(28)26-19-9-17-8-15(18-11-24-13-29-18)2-3-16(17)10-25-19/h2-3,8-11,13-14H,4-7,12H2,1H3,(H,25,26,28). The van der Waals surface area contributed by atoms with Gasteiger partial charge in [0.05, 0.1) is 12.7 Å². The largest absolute Gasteiger partial charge is 0.444 e. The number of nitrogens with zero attached hydrogens (tertiary/aromatic N) is 3. The minimum atomic E-state index is -2.71. The molecule has 6 nitrogen and oxygen atoms in total. The van der Waals surface area contributed by atoms with E-state index in [9.17, 15) is 13.6 Å². The fraction of sp³-hybridized carbons (Fsp3) is 0.381. The van der Waals surface area contributed by atoms with Crippen LogP contribution < -0.4 is 5.32 Å². The van der Waals surface area contributed by atoms with Gasteiger partial charge in [-0.2, -0.15) is 0 Å². The summed E-state index contributed by atoms with van der Waals surface area (Å²) in [5.74, 6) is -1.89. The van der Waals surface area contributed by atoms with Gasteiger partial charge in [0, 0.05) is 30.0 Å². The Morgan fingerprint density at radius 1 is 1.24 bits per heavy atom. The Bertz CT molecular complexity index is 994. The molecule has 0 aliphatic carbocycles. The highest BCUT2D eigenvalue weighted by Crippen LogP contribution is 2.26. The molecule has 0 atom stereocenters. The third-order valence-electron chi connectivity index (χ3n) is 5.15. The van der Waals surface area contributed by atoms with E-state index >= 15 is 0 Å². The number of nitrogens with one attached hydrogen (secondary N) is 1. The van der Waals surface area contributed by atoms with Crippen molar-refractivity contribution in [1.82, 2.24) is 14.9 Å². The molecule has 3 heterocycles. The lowest BCUT2D eigenvalue weighted by atomic mass is 9.95. The topological polar surface area (TPSA) is 71.3 Å². The van der Waals surface area contributed by atoms with E-state index < -0.39 is 5.92 Å². The number of piperidine rings is 1. The number of alkyl halides is 2. The number of pyridine rings is 1. The number of carbonyl (C=O) groups is 1. The molecule has 152 valence electrons. The number of fused-ring (bicyclic) bond motifs is 1. The van der Waals surface area contributed by atoms with Crippen molar-refractivity contribution in [2.45, 2.75) is 25.7 Å². The summed E-state index contributed by atoms with van der Waals surface area (Å²) in [6, 6.07) is 7.64. The highest BCUT2D eigenvalue weighted by atomic mass is 19.3. The Labute approximate surface area is 166 Å². The van der Waals surface area contributed by atoms with Crippen molar-refractivity contribution in [1.29, 1.82) is 0 Å². The van der Waals surface area contributed by atoms with Crippen LogP contribution in [0.3, 0.4) is 0 Å². The van der Waals surface area contributed by atoms with Crippen molar-refractivity contribution >= 4 is 22.5 Å². The van der Waals surface area contributed by atoms with Crippen LogP contribution in [-0.4, -0.2) is 46.3 Å². The number of likely N-dealkylation sites (tertiary alicyclic amines) is 1. The maximum absolute atomic E-state index is 13.2. The van der Waals surface area contributed by atoms with E-state index in [1.54, 1.807) is 17.3 Å². The molecular weight excluding hydrogens is 378 g/mol. The van der Waals surface area contributed by atoms with Crippen LogP contribution in [0.2, 0.25) is 0 Å². The molecule has 1 aliphatic heterocycles. The average molecular weight is 400 g/mol. The van der Waals surface area contributed by atoms with Gasteiger partial charge < -0.3 is 9.73 Å². The lowest BCUT2D eigenvalue weighted by Gasteiger charge is -2.32. The van der Waals surface area contributed by atoms with Crippen LogP contribution in [0.4, 0.5) is 14.6 Å². The zero-order valence-corrected chi connectivity index (χ0v) is 16.1. The molecule has 1 fully saturated rings. The molecule has 0 bridgehead atoms. The van der Waals surface area contributed by atoms with Gasteiger partial charge in [-0.25, -0.2) is 18.7 Å². The van der Waals surface area contributed by atoms with Gasteiger partial charge in [-0.15, -0.1) is 0 Å². The molecule has 3 aromatic rings. The SMILES string of the molecule is CC(F)(F)CN1CCC(C(=O)Nc2cc3cc(-c4cnco4)ccc3cn2)CC1. The summed E-state index contributed by atoms with van der Waals surface area (Å²) < 4.78 is 31.6. The smallest absolute Gasteiger partial charge is 0.257 e. The molecule has 2 aromatic heterocycles. The maximum atomic E-state index is 13.2. The van der Waals surface area contributed by atoms with Gasteiger partial charge in [0.25, 0.3) is 5.92 Å². The second-order valence-corrected chi connectivity index (χ2v) is 7.61. The first-order chi connectivity index (χ1) is 13.9. The Morgan fingerprint density at radius 2 is 2.03 bits per heavy atom. The number of rotatable bonds is 5. The van der Waals surface area contributed by atoms with Gasteiger partial charge in [0.1, 0.15) is 5.82 Å². The summed E-state index contributed by atoms with van der Waals surface area (Å²) in [4.78, 5) is 22.6. The van der Waals surface area contributed by atoms with Gasteiger partial charge in [-0.1, -0.05) is 12.1 Å². The molecule has 0 radical (unpaired) electrons. The molecule has 4 rings (SSSR count). The van der Waals surface area contributed by atoms with Crippen molar-refractivity contribution in [3.05, 3.63) is 43.1 Å². The van der Waals surface area contributed by atoms with E-state index in [1.165, 1.54) is 6.39 Å². The Balaban J connectivity index is 1.42. The molecule has 0 spiro atoms. The third kappa shape index (κ3) is 4.76. The fourth-order valence-electron chi connectivity index (χ4n) is 3.70. The number of halogens is 2. The van der Waals surface area contributed by atoms with E-state index in [0.717, 1.165) is 23.3 Å². The summed E-state index contributed by atoms with van der Waals surface area (Å²) in [6.45, 7) is 1.65. The molecule has 0 saturated carbocycles. The molecule has 0 unspecified atom stereocenters. The van der Waals surface area contributed by atoms with Crippen LogP contribution in [-0.2, 0) is 4.79 Å². The molecule has 29 heavy (non-hydrogen) atoms. The first kappa shape index (κ1) is 19.4. The Kier molecular flexibility index (Phi) is 5.27. The lowest BCUT2D eigenvalue weighted by Crippen LogP contribution is -2.42. The lowest BCUT2D eigenvalue weighted by molar-refractivity contribution is -0.121. The third-order valence-corrected chi connectivity index (χ3v) is 5.15. The first-order valence-corrected chi connectivity index (χ1v) is 9.57. The minimum Gasteiger partial charge on any atom is -0.444 e. The zero-order chi connectivity index (χ0) is 20.4. The van der Waals surface area contributed by atoms with Crippen LogP contribution in [0.5, 0.6) is 0 Å². The van der Waals surface area contributed by atoms with Crippen molar-refractivity contribution in [3.8, 4) is 11.3 Å². The van der Waals surface area contributed by atoms with Gasteiger partial charge in [-0.3, -0.25) is 9.69 Å². The second kappa shape index (κ2) is 7.87. The summed E-state index contributed by atoms with van der Waals surface area (Å²) in [5.41, 5.74) is 0.888. The summed E-state index contributed by atoms with van der Waals surface area (Å²) in [5, 5.41) is 4.73. The minimum absolute atomic E-state index is 0.119. The highest BCUT2D eigenvalue weighted by molar-refractivity contribution is 5.94. The summed E-state index contributed by atoms with van der Waals surface area (Å²) >= 11 is 0. The quantitative estimate of drug-likeness (QED) is 0.695. The van der Waals surface area contributed by atoms with E-state index in [1.807, 2.05) is 24.3 Å². The number of hydrogen-bond donors (Lipinski definition) is 1. The van der Waals surface area contributed by atoms with Crippen molar-refractivity contribution in [2.24, 2.45) is 5.92 Å². The van der Waals surface area contributed by atoms with Gasteiger partial charge >= 0.3 is 0 Å². The van der Waals surface area contributed by atoms with Crippen molar-refractivity contribution in [2.75, 3.05) is 25.0 Å². The van der Waals surface area contributed by atoms with Gasteiger partial charge in [0.2, 0.25) is 5.91 Å². The molecule has 1 aromatic carbocycles. The van der Waals surface area contributed by atoms with E-state index in [2.05, 4.69) is 15.3 Å². The molecule has 1 saturated heterocycles. The zero-order valence-electron chi connectivity index (χ0n) is 16.1. The molecule has 8 heteroatoms. The van der Waals surface area contributed by atoms with Crippen LogP contribution in [0.25, 0.3) is 22.1 Å². The van der Waals surface area contributed by atoms with Crippen molar-refractivity contribution < 1.29 is 18.0 Å². The second-order valence-electron chi connectivity index (χ2n) is 7.61. The monoisotopic (exact) mass is 400 g/mol. The number of hydrogen-bond acceptors (Lipinski definition) is 5. The van der Waals surface area contributed by atoms with Crippen molar-refractivity contribution in [3.63, 3.8) is 0 Å². The number of oxazole rings is 1. The van der Waals surface area contributed by atoms with Gasteiger partial charge in [-0.05, 0) is 43.5 Å².